The lowest BCUT2D eigenvalue weighted by molar-refractivity contribution is -0.137. The summed E-state index contributed by atoms with van der Waals surface area (Å²) in [6.45, 7) is 1.88. The Morgan fingerprint density at radius 3 is 2.25 bits per heavy atom. The monoisotopic (exact) mass is 345 g/mol. The van der Waals surface area contributed by atoms with E-state index in [2.05, 4.69) is 15.9 Å². The van der Waals surface area contributed by atoms with Gasteiger partial charge in [0.25, 0.3) is 0 Å². The normalized spacial score (nSPS) is 11.4. The third-order valence-corrected chi connectivity index (χ3v) is 3.26. The zero-order valence-corrected chi connectivity index (χ0v) is 12.0. The first-order valence-corrected chi connectivity index (χ1v) is 6.47. The first-order valence-electron chi connectivity index (χ1n) is 5.68. The molecule has 2 N–H and O–H groups in total. The molecule has 0 aliphatic carbocycles. The molecule has 0 bridgehead atoms. The van der Waals surface area contributed by atoms with Crippen molar-refractivity contribution in [1.82, 2.24) is 0 Å². The highest BCUT2D eigenvalue weighted by Crippen LogP contribution is 2.37. The second kappa shape index (κ2) is 5.36. The molecule has 20 heavy (non-hydrogen) atoms. The topological polar surface area (TPSA) is 35.2 Å². The second-order valence-electron chi connectivity index (χ2n) is 4.29. The van der Waals surface area contributed by atoms with Crippen LogP contribution in [-0.2, 0) is 6.18 Å². The van der Waals surface area contributed by atoms with Crippen molar-refractivity contribution < 1.29 is 17.9 Å². The fourth-order valence-electron chi connectivity index (χ4n) is 1.64. The molecule has 0 saturated heterocycles. The smallest absolute Gasteiger partial charge is 0.416 e. The van der Waals surface area contributed by atoms with Gasteiger partial charge < -0.3 is 10.5 Å². The van der Waals surface area contributed by atoms with Crippen molar-refractivity contribution in [2.24, 2.45) is 0 Å². The van der Waals surface area contributed by atoms with E-state index in [-0.39, 0.29) is 10.2 Å². The van der Waals surface area contributed by atoms with E-state index < -0.39 is 11.7 Å². The van der Waals surface area contributed by atoms with Crippen LogP contribution in [0.15, 0.2) is 40.9 Å². The van der Waals surface area contributed by atoms with E-state index in [1.165, 1.54) is 6.07 Å². The van der Waals surface area contributed by atoms with Crippen LogP contribution < -0.4 is 10.5 Å². The summed E-state index contributed by atoms with van der Waals surface area (Å²) in [5, 5.41) is 0. The molecular weight excluding hydrogens is 335 g/mol. The second-order valence-corrected chi connectivity index (χ2v) is 5.14. The number of benzene rings is 2. The molecule has 0 aliphatic rings. The predicted octanol–water partition coefficient (Wildman–Crippen LogP) is 5.15. The molecule has 0 spiro atoms. The van der Waals surface area contributed by atoms with Crippen molar-refractivity contribution in [3.05, 3.63) is 52.0 Å². The van der Waals surface area contributed by atoms with Crippen molar-refractivity contribution in [2.75, 3.05) is 5.73 Å². The van der Waals surface area contributed by atoms with Gasteiger partial charge in [-0.05, 0) is 58.7 Å². The number of halogens is 4. The Kier molecular flexibility index (Phi) is 3.94. The number of nitrogens with two attached hydrogens (primary N) is 1. The molecule has 0 fully saturated rings. The Balaban J connectivity index is 2.30. The van der Waals surface area contributed by atoms with Crippen LogP contribution in [0, 0.1) is 6.92 Å². The highest BCUT2D eigenvalue weighted by molar-refractivity contribution is 9.10. The van der Waals surface area contributed by atoms with Crippen LogP contribution in [0.3, 0.4) is 0 Å². The summed E-state index contributed by atoms with van der Waals surface area (Å²) >= 11 is 3.07. The quantitative estimate of drug-likeness (QED) is 0.763. The zero-order valence-electron chi connectivity index (χ0n) is 10.5. The average molecular weight is 346 g/mol. The van der Waals surface area contributed by atoms with Gasteiger partial charge in [0.05, 0.1) is 15.7 Å². The van der Waals surface area contributed by atoms with E-state index in [0.29, 0.717) is 11.4 Å². The Morgan fingerprint density at radius 2 is 1.70 bits per heavy atom. The summed E-state index contributed by atoms with van der Waals surface area (Å²) in [5.74, 6) is 0.671. The molecule has 2 nitrogen and oxygen atoms in total. The van der Waals surface area contributed by atoms with Crippen LogP contribution in [0.5, 0.6) is 11.5 Å². The van der Waals surface area contributed by atoms with Gasteiger partial charge >= 0.3 is 6.18 Å². The molecule has 2 rings (SSSR count). The van der Waals surface area contributed by atoms with Crippen LogP contribution in [0.25, 0.3) is 0 Å². The van der Waals surface area contributed by atoms with Gasteiger partial charge in [0.15, 0.2) is 0 Å². The fraction of sp³-hybridized carbons (Fsp3) is 0.143. The summed E-state index contributed by atoms with van der Waals surface area (Å²) in [7, 11) is 0. The van der Waals surface area contributed by atoms with Gasteiger partial charge in [-0.1, -0.05) is 6.07 Å². The number of rotatable bonds is 2. The van der Waals surface area contributed by atoms with Gasteiger partial charge in [0.1, 0.15) is 11.5 Å². The summed E-state index contributed by atoms with van der Waals surface area (Å²) in [6, 6.07) is 8.40. The van der Waals surface area contributed by atoms with Gasteiger partial charge in [0, 0.05) is 0 Å². The lowest BCUT2D eigenvalue weighted by Gasteiger charge is -2.12. The Morgan fingerprint density at radius 1 is 1.05 bits per heavy atom. The first kappa shape index (κ1) is 14.7. The van der Waals surface area contributed by atoms with Gasteiger partial charge in [-0.2, -0.15) is 13.2 Å². The number of ether oxygens (including phenoxy) is 1. The van der Waals surface area contributed by atoms with Crippen molar-refractivity contribution in [2.45, 2.75) is 13.1 Å². The molecule has 0 atom stereocenters. The predicted molar refractivity (Wildman–Crippen MR) is 74.8 cm³/mol. The Hall–Kier alpha value is -1.69. The molecule has 0 amide bonds. The van der Waals surface area contributed by atoms with Gasteiger partial charge in [-0.25, -0.2) is 0 Å². The molecule has 0 radical (unpaired) electrons. The Bertz CT molecular complexity index is 641. The molecule has 0 saturated carbocycles. The van der Waals surface area contributed by atoms with Crippen LogP contribution in [0.2, 0.25) is 0 Å². The van der Waals surface area contributed by atoms with E-state index in [9.17, 15) is 13.2 Å². The van der Waals surface area contributed by atoms with Crippen LogP contribution in [0.4, 0.5) is 18.9 Å². The fourth-order valence-corrected chi connectivity index (χ4v) is 2.10. The summed E-state index contributed by atoms with van der Waals surface area (Å²) in [6.07, 6.45) is -4.38. The minimum absolute atomic E-state index is 0.215. The summed E-state index contributed by atoms with van der Waals surface area (Å²) in [4.78, 5) is 0. The molecule has 6 heteroatoms. The zero-order chi connectivity index (χ0) is 14.9. The number of aryl methyl sites for hydroxylation is 1. The lowest BCUT2D eigenvalue weighted by Crippen LogP contribution is -2.04. The molecule has 106 valence electrons. The summed E-state index contributed by atoms with van der Waals surface area (Å²) in [5.41, 5.74) is 6.46. The van der Waals surface area contributed by atoms with Crippen molar-refractivity contribution >= 4 is 21.6 Å². The van der Waals surface area contributed by atoms with Gasteiger partial charge in [0.2, 0.25) is 0 Å². The van der Waals surface area contributed by atoms with Crippen LogP contribution in [0.1, 0.15) is 11.1 Å². The number of alkyl halides is 3. The summed E-state index contributed by atoms with van der Waals surface area (Å²) < 4.78 is 43.4. The minimum Gasteiger partial charge on any atom is -0.454 e. The van der Waals surface area contributed by atoms with Crippen LogP contribution in [-0.4, -0.2) is 0 Å². The van der Waals surface area contributed by atoms with E-state index >= 15 is 0 Å². The standard InChI is InChI=1S/C14H11BrF3NO/c1-8-2-4-13(11(19)6-8)20-12-5-3-9(7-10(12)15)14(16,17)18/h2-7H,19H2,1H3. The number of hydrogen-bond acceptors (Lipinski definition) is 2. The maximum absolute atomic E-state index is 12.6. The van der Waals surface area contributed by atoms with Gasteiger partial charge in [-0.15, -0.1) is 0 Å². The van der Waals surface area contributed by atoms with E-state index in [1.807, 2.05) is 13.0 Å². The maximum atomic E-state index is 12.6. The first-order chi connectivity index (χ1) is 9.27. The number of hydrogen-bond donors (Lipinski definition) is 1. The number of nitrogen functional groups attached to an aromatic ring is 1. The molecule has 0 unspecified atom stereocenters. The SMILES string of the molecule is Cc1ccc(Oc2ccc(C(F)(F)F)cc2Br)c(N)c1. The van der Waals surface area contributed by atoms with E-state index in [1.54, 1.807) is 12.1 Å². The van der Waals surface area contributed by atoms with Crippen molar-refractivity contribution in [1.29, 1.82) is 0 Å². The highest BCUT2D eigenvalue weighted by atomic mass is 79.9. The van der Waals surface area contributed by atoms with Crippen LogP contribution >= 0.6 is 15.9 Å². The highest BCUT2D eigenvalue weighted by Gasteiger charge is 2.31. The molecule has 2 aromatic carbocycles. The molecule has 2 aromatic rings. The molecule has 0 aliphatic heterocycles. The lowest BCUT2D eigenvalue weighted by atomic mass is 10.2. The van der Waals surface area contributed by atoms with Crippen molar-refractivity contribution in [3.8, 4) is 11.5 Å². The molecular formula is C14H11BrF3NO. The maximum Gasteiger partial charge on any atom is 0.416 e. The third-order valence-electron chi connectivity index (χ3n) is 2.64. The molecule has 0 aromatic heterocycles. The van der Waals surface area contributed by atoms with Crippen molar-refractivity contribution in [3.63, 3.8) is 0 Å². The average Bonchev–Trinajstić information content (AvgIpc) is 2.33. The largest absolute Gasteiger partial charge is 0.454 e. The van der Waals surface area contributed by atoms with E-state index in [0.717, 1.165) is 17.7 Å². The van der Waals surface area contributed by atoms with Gasteiger partial charge in [-0.3, -0.25) is 0 Å². The van der Waals surface area contributed by atoms with E-state index in [4.69, 9.17) is 10.5 Å². The number of anilines is 1. The Labute approximate surface area is 122 Å². The minimum atomic E-state index is -4.38. The third kappa shape index (κ3) is 3.25. The molecule has 0 heterocycles.